The third-order valence-electron chi connectivity index (χ3n) is 2.50. The molecule has 0 aliphatic carbocycles. The zero-order valence-corrected chi connectivity index (χ0v) is 10.7. The number of aromatic hydroxyl groups is 1. The minimum atomic E-state index is -0.0405. The standard InChI is InChI=1S/C15H9BClNO/c1-2-10-4-3-5-13(6-10)18-9-11-7-12(17)8-14(16)15(11)19/h1,3-9,19H. The fourth-order valence-corrected chi connectivity index (χ4v) is 1.80. The molecule has 2 nitrogen and oxygen atoms in total. The van der Waals surface area contributed by atoms with E-state index in [2.05, 4.69) is 10.9 Å². The lowest BCUT2D eigenvalue weighted by atomic mass is 9.93. The van der Waals surface area contributed by atoms with Gasteiger partial charge in [0.1, 0.15) is 13.6 Å². The SMILES string of the molecule is [B]c1cc(Cl)cc(C=Nc2cccc(C#C)c2)c1O. The molecule has 0 aliphatic heterocycles. The molecule has 0 atom stereocenters. The number of phenolic OH excluding ortho intramolecular Hbond substituents is 1. The van der Waals surface area contributed by atoms with Crippen molar-refractivity contribution < 1.29 is 5.11 Å². The molecule has 0 saturated carbocycles. The number of halogens is 1. The Labute approximate surface area is 118 Å². The highest BCUT2D eigenvalue weighted by Gasteiger charge is 2.03. The molecule has 0 spiro atoms. The van der Waals surface area contributed by atoms with Crippen LogP contribution in [0.2, 0.25) is 5.02 Å². The summed E-state index contributed by atoms with van der Waals surface area (Å²) in [6, 6.07) is 10.3. The number of hydrogen-bond acceptors (Lipinski definition) is 2. The summed E-state index contributed by atoms with van der Waals surface area (Å²) in [5, 5.41) is 10.2. The topological polar surface area (TPSA) is 32.6 Å². The third-order valence-corrected chi connectivity index (χ3v) is 2.72. The molecule has 0 unspecified atom stereocenters. The first kappa shape index (κ1) is 13.3. The van der Waals surface area contributed by atoms with Gasteiger partial charge in [-0.05, 0) is 30.3 Å². The van der Waals surface area contributed by atoms with E-state index in [0.717, 1.165) is 5.56 Å². The van der Waals surface area contributed by atoms with Gasteiger partial charge in [0.25, 0.3) is 0 Å². The van der Waals surface area contributed by atoms with E-state index < -0.39 is 0 Å². The highest BCUT2D eigenvalue weighted by molar-refractivity contribution is 6.38. The van der Waals surface area contributed by atoms with E-state index in [0.29, 0.717) is 16.3 Å². The van der Waals surface area contributed by atoms with Gasteiger partial charge in [-0.1, -0.05) is 29.1 Å². The van der Waals surface area contributed by atoms with Crippen molar-refractivity contribution in [2.24, 2.45) is 4.99 Å². The molecular formula is C15H9BClNO. The van der Waals surface area contributed by atoms with E-state index in [4.69, 9.17) is 25.9 Å². The Morgan fingerprint density at radius 3 is 2.84 bits per heavy atom. The molecule has 2 radical (unpaired) electrons. The van der Waals surface area contributed by atoms with Gasteiger partial charge in [0.2, 0.25) is 0 Å². The molecule has 0 bridgehead atoms. The van der Waals surface area contributed by atoms with Crippen LogP contribution in [-0.2, 0) is 0 Å². The Morgan fingerprint density at radius 2 is 2.11 bits per heavy atom. The normalized spacial score (nSPS) is 10.5. The number of aliphatic imine (C=N–C) groups is 1. The van der Waals surface area contributed by atoms with Crippen molar-refractivity contribution in [1.82, 2.24) is 0 Å². The van der Waals surface area contributed by atoms with Gasteiger partial charge in [0, 0.05) is 22.4 Å². The second kappa shape index (κ2) is 5.64. The molecule has 0 fully saturated rings. The minimum Gasteiger partial charge on any atom is -0.508 e. The summed E-state index contributed by atoms with van der Waals surface area (Å²) in [6.45, 7) is 0. The van der Waals surface area contributed by atoms with Gasteiger partial charge in [-0.2, -0.15) is 0 Å². The van der Waals surface area contributed by atoms with Crippen molar-refractivity contribution in [3.63, 3.8) is 0 Å². The Morgan fingerprint density at radius 1 is 1.32 bits per heavy atom. The summed E-state index contributed by atoms with van der Waals surface area (Å²) in [7, 11) is 5.61. The summed E-state index contributed by atoms with van der Waals surface area (Å²) in [5.74, 6) is 2.49. The molecule has 0 heterocycles. The molecule has 0 aromatic heterocycles. The van der Waals surface area contributed by atoms with Gasteiger partial charge >= 0.3 is 0 Å². The second-order valence-corrected chi connectivity index (χ2v) is 4.32. The average molecular weight is 266 g/mol. The van der Waals surface area contributed by atoms with Gasteiger partial charge in [0.15, 0.2) is 0 Å². The molecular weight excluding hydrogens is 256 g/mol. The van der Waals surface area contributed by atoms with Gasteiger partial charge in [-0.25, -0.2) is 0 Å². The Hall–Kier alpha value is -2.18. The smallest absolute Gasteiger partial charge is 0.119 e. The summed E-state index contributed by atoms with van der Waals surface area (Å²) in [6.07, 6.45) is 6.81. The van der Waals surface area contributed by atoms with Crippen LogP contribution in [-0.4, -0.2) is 19.2 Å². The molecule has 2 rings (SSSR count). The molecule has 4 heteroatoms. The number of benzene rings is 2. The fraction of sp³-hybridized carbons (Fsp3) is 0. The maximum atomic E-state index is 9.79. The van der Waals surface area contributed by atoms with Gasteiger partial charge in [0.05, 0.1) is 5.69 Å². The summed E-state index contributed by atoms with van der Waals surface area (Å²) in [4.78, 5) is 4.23. The van der Waals surface area contributed by atoms with Gasteiger partial charge in [-0.3, -0.25) is 4.99 Å². The van der Waals surface area contributed by atoms with E-state index in [-0.39, 0.29) is 11.2 Å². The van der Waals surface area contributed by atoms with Gasteiger partial charge < -0.3 is 5.11 Å². The number of phenols is 1. The number of hydrogen-bond donors (Lipinski definition) is 1. The summed E-state index contributed by atoms with van der Waals surface area (Å²) in [5.41, 5.74) is 2.10. The monoisotopic (exact) mass is 265 g/mol. The van der Waals surface area contributed by atoms with E-state index in [9.17, 15) is 5.11 Å². The Balaban J connectivity index is 2.35. The largest absolute Gasteiger partial charge is 0.508 e. The zero-order valence-electron chi connectivity index (χ0n) is 9.97. The minimum absolute atomic E-state index is 0.0405. The molecule has 19 heavy (non-hydrogen) atoms. The van der Waals surface area contributed by atoms with Crippen LogP contribution in [0.5, 0.6) is 5.75 Å². The lowest BCUT2D eigenvalue weighted by Crippen LogP contribution is -2.05. The van der Waals surface area contributed by atoms with E-state index >= 15 is 0 Å². The van der Waals surface area contributed by atoms with E-state index in [1.165, 1.54) is 12.3 Å². The van der Waals surface area contributed by atoms with Crippen molar-refractivity contribution in [3.8, 4) is 18.1 Å². The first-order valence-corrected chi connectivity index (χ1v) is 5.86. The van der Waals surface area contributed by atoms with Crippen molar-refractivity contribution in [3.05, 3.63) is 52.5 Å². The van der Waals surface area contributed by atoms with Crippen LogP contribution in [0.1, 0.15) is 11.1 Å². The molecule has 0 aliphatic rings. The summed E-state index contributed by atoms with van der Waals surface area (Å²) < 4.78 is 0. The first-order valence-electron chi connectivity index (χ1n) is 5.49. The van der Waals surface area contributed by atoms with Crippen molar-refractivity contribution in [2.45, 2.75) is 0 Å². The predicted octanol–water partition coefficient (Wildman–Crippen LogP) is 2.57. The van der Waals surface area contributed by atoms with Crippen LogP contribution in [0.4, 0.5) is 5.69 Å². The lowest BCUT2D eigenvalue weighted by Gasteiger charge is -2.04. The molecule has 1 N–H and O–H groups in total. The Bertz CT molecular complexity index is 689. The van der Waals surface area contributed by atoms with Crippen LogP contribution < -0.4 is 5.46 Å². The predicted molar refractivity (Wildman–Crippen MR) is 80.1 cm³/mol. The second-order valence-electron chi connectivity index (χ2n) is 3.89. The highest BCUT2D eigenvalue weighted by Crippen LogP contribution is 2.19. The number of terminal acetylenes is 1. The highest BCUT2D eigenvalue weighted by atomic mass is 35.5. The van der Waals surface area contributed by atoms with E-state index in [1.807, 2.05) is 18.2 Å². The fourth-order valence-electron chi connectivity index (χ4n) is 1.56. The average Bonchev–Trinajstić information content (AvgIpc) is 2.41. The number of rotatable bonds is 2. The zero-order chi connectivity index (χ0) is 13.8. The van der Waals surface area contributed by atoms with Crippen LogP contribution >= 0.6 is 11.6 Å². The van der Waals surface area contributed by atoms with Crippen molar-refractivity contribution in [1.29, 1.82) is 0 Å². The molecule has 90 valence electrons. The Kier molecular flexibility index (Phi) is 3.94. The molecule has 2 aromatic rings. The van der Waals surface area contributed by atoms with Crippen LogP contribution in [0.3, 0.4) is 0 Å². The molecule has 2 aromatic carbocycles. The first-order chi connectivity index (χ1) is 9.10. The van der Waals surface area contributed by atoms with Crippen LogP contribution in [0.15, 0.2) is 41.4 Å². The third kappa shape index (κ3) is 3.18. The molecule has 0 amide bonds. The molecule has 0 saturated heterocycles. The van der Waals surface area contributed by atoms with Crippen molar-refractivity contribution in [2.75, 3.05) is 0 Å². The quantitative estimate of drug-likeness (QED) is 0.505. The lowest BCUT2D eigenvalue weighted by molar-refractivity contribution is 0.479. The number of nitrogens with zero attached hydrogens (tertiary/aromatic N) is 1. The van der Waals surface area contributed by atoms with Crippen LogP contribution in [0.25, 0.3) is 0 Å². The maximum Gasteiger partial charge on any atom is 0.119 e. The maximum absolute atomic E-state index is 9.79. The van der Waals surface area contributed by atoms with E-state index in [1.54, 1.807) is 12.1 Å². The van der Waals surface area contributed by atoms with Gasteiger partial charge in [-0.15, -0.1) is 6.42 Å². The summed E-state index contributed by atoms with van der Waals surface area (Å²) >= 11 is 5.87. The van der Waals surface area contributed by atoms with Crippen LogP contribution in [0, 0.1) is 12.3 Å². The van der Waals surface area contributed by atoms with Crippen molar-refractivity contribution >= 4 is 36.8 Å².